The third-order valence-electron chi connectivity index (χ3n) is 3.85. The minimum absolute atomic E-state index is 0.0707. The van der Waals surface area contributed by atoms with Crippen molar-refractivity contribution in [3.05, 3.63) is 28.3 Å². The van der Waals surface area contributed by atoms with Gasteiger partial charge in [-0.3, -0.25) is 4.79 Å². The predicted molar refractivity (Wildman–Crippen MR) is 81.9 cm³/mol. The van der Waals surface area contributed by atoms with Crippen LogP contribution in [-0.4, -0.2) is 32.3 Å². The van der Waals surface area contributed by atoms with E-state index in [2.05, 4.69) is 6.92 Å². The van der Waals surface area contributed by atoms with Gasteiger partial charge in [0.1, 0.15) is 4.90 Å². The number of likely N-dealkylation sites (tertiary alicyclic amines) is 1. The molecule has 116 valence electrons. The van der Waals surface area contributed by atoms with E-state index >= 15 is 0 Å². The zero-order valence-electron chi connectivity index (χ0n) is 12.1. The van der Waals surface area contributed by atoms with Crippen molar-refractivity contribution in [2.45, 2.75) is 31.6 Å². The van der Waals surface area contributed by atoms with Gasteiger partial charge in [0.05, 0.1) is 5.02 Å². The van der Waals surface area contributed by atoms with Gasteiger partial charge in [-0.1, -0.05) is 18.5 Å². The van der Waals surface area contributed by atoms with Crippen molar-refractivity contribution in [1.82, 2.24) is 4.90 Å². The van der Waals surface area contributed by atoms with E-state index in [1.165, 1.54) is 6.07 Å². The van der Waals surface area contributed by atoms with Crippen LogP contribution < -0.4 is 5.14 Å². The summed E-state index contributed by atoms with van der Waals surface area (Å²) in [5.74, 6) is 0.438. The number of hydrogen-bond acceptors (Lipinski definition) is 3. The highest BCUT2D eigenvalue weighted by molar-refractivity contribution is 7.89. The summed E-state index contributed by atoms with van der Waals surface area (Å²) in [5, 5.41) is 5.23. The van der Waals surface area contributed by atoms with Crippen LogP contribution in [0, 0.1) is 12.8 Å². The summed E-state index contributed by atoms with van der Waals surface area (Å²) in [6, 6.07) is 2.88. The highest BCUT2D eigenvalue weighted by Gasteiger charge is 2.24. The Kier molecular flexibility index (Phi) is 4.60. The molecule has 1 heterocycles. The average Bonchev–Trinajstić information content (AvgIpc) is 2.40. The topological polar surface area (TPSA) is 80.5 Å². The van der Waals surface area contributed by atoms with Gasteiger partial charge in [-0.2, -0.15) is 0 Å². The van der Waals surface area contributed by atoms with E-state index in [1.54, 1.807) is 17.9 Å². The molecule has 1 saturated heterocycles. The van der Waals surface area contributed by atoms with Crippen molar-refractivity contribution < 1.29 is 13.2 Å². The number of carbonyl (C=O) groups excluding carboxylic acids is 1. The Morgan fingerprint density at radius 2 is 1.90 bits per heavy atom. The monoisotopic (exact) mass is 330 g/mol. The largest absolute Gasteiger partial charge is 0.339 e. The lowest BCUT2D eigenvalue weighted by molar-refractivity contribution is 0.0697. The fraction of sp³-hybridized carbons (Fsp3) is 0.500. The van der Waals surface area contributed by atoms with Crippen molar-refractivity contribution in [3.8, 4) is 0 Å². The van der Waals surface area contributed by atoms with Gasteiger partial charge in [0.25, 0.3) is 5.91 Å². The molecule has 0 saturated carbocycles. The van der Waals surface area contributed by atoms with E-state index in [4.69, 9.17) is 16.7 Å². The predicted octanol–water partition coefficient (Wildman–Crippen LogP) is 2.17. The number of nitrogens with zero attached hydrogens (tertiary/aromatic N) is 1. The summed E-state index contributed by atoms with van der Waals surface area (Å²) in [7, 11) is -3.95. The van der Waals surface area contributed by atoms with Crippen LogP contribution in [0.2, 0.25) is 5.02 Å². The van der Waals surface area contributed by atoms with Gasteiger partial charge in [0.15, 0.2) is 0 Å². The van der Waals surface area contributed by atoms with E-state index in [-0.39, 0.29) is 15.8 Å². The van der Waals surface area contributed by atoms with Crippen LogP contribution >= 0.6 is 11.6 Å². The van der Waals surface area contributed by atoms with Gasteiger partial charge in [-0.05, 0) is 43.4 Å². The van der Waals surface area contributed by atoms with Gasteiger partial charge in [-0.25, -0.2) is 13.6 Å². The smallest absolute Gasteiger partial charge is 0.253 e. The first kappa shape index (κ1) is 16.3. The minimum Gasteiger partial charge on any atom is -0.339 e. The molecule has 0 spiro atoms. The molecule has 1 amide bonds. The first-order valence-electron chi connectivity index (χ1n) is 6.82. The lowest BCUT2D eigenvalue weighted by atomic mass is 9.98. The Balaban J connectivity index is 2.36. The fourth-order valence-electron chi connectivity index (χ4n) is 2.46. The molecule has 0 aliphatic carbocycles. The lowest BCUT2D eigenvalue weighted by Gasteiger charge is -2.30. The maximum atomic E-state index is 12.5. The van der Waals surface area contributed by atoms with Crippen molar-refractivity contribution in [2.75, 3.05) is 13.1 Å². The molecule has 1 aliphatic rings. The van der Waals surface area contributed by atoms with Crippen molar-refractivity contribution in [3.63, 3.8) is 0 Å². The molecule has 21 heavy (non-hydrogen) atoms. The van der Waals surface area contributed by atoms with Gasteiger partial charge in [-0.15, -0.1) is 0 Å². The van der Waals surface area contributed by atoms with E-state index < -0.39 is 10.0 Å². The van der Waals surface area contributed by atoms with Gasteiger partial charge in [0, 0.05) is 18.7 Å². The Labute approximate surface area is 130 Å². The van der Waals surface area contributed by atoms with Crippen LogP contribution in [0.5, 0.6) is 0 Å². The van der Waals surface area contributed by atoms with Crippen LogP contribution in [0.25, 0.3) is 0 Å². The molecule has 1 fully saturated rings. The summed E-state index contributed by atoms with van der Waals surface area (Å²) >= 11 is 5.98. The molecule has 2 N–H and O–H groups in total. The summed E-state index contributed by atoms with van der Waals surface area (Å²) in [4.78, 5) is 14.0. The molecule has 1 aromatic rings. The quantitative estimate of drug-likeness (QED) is 0.902. The third-order valence-corrected chi connectivity index (χ3v) is 5.39. The molecule has 0 bridgehead atoms. The zero-order chi connectivity index (χ0) is 15.8. The number of halogens is 1. The normalized spacial score (nSPS) is 17.0. The second-order valence-corrected chi connectivity index (χ2v) is 7.53. The van der Waals surface area contributed by atoms with Crippen molar-refractivity contribution in [1.29, 1.82) is 0 Å². The number of primary sulfonamides is 1. The first-order chi connectivity index (χ1) is 9.70. The molecule has 0 aromatic heterocycles. The Morgan fingerprint density at radius 3 is 2.43 bits per heavy atom. The van der Waals surface area contributed by atoms with Crippen LogP contribution in [0.4, 0.5) is 0 Å². The number of nitrogens with two attached hydrogens (primary N) is 1. The Bertz CT molecular complexity index is 665. The van der Waals surface area contributed by atoms with Crippen molar-refractivity contribution in [2.24, 2.45) is 11.1 Å². The standard InChI is InChI=1S/C14H19ClN2O3S/c1-9-3-5-17(6-4-9)14(18)11-7-10(2)13(15)12(8-11)21(16,19)20/h7-9H,3-6H2,1-2H3,(H2,16,19,20). The maximum Gasteiger partial charge on any atom is 0.253 e. The molecule has 0 unspecified atom stereocenters. The van der Waals surface area contributed by atoms with E-state index in [0.717, 1.165) is 12.8 Å². The number of amides is 1. The van der Waals surface area contributed by atoms with E-state index in [0.29, 0.717) is 30.1 Å². The highest BCUT2D eigenvalue weighted by atomic mass is 35.5. The molecule has 7 heteroatoms. The Morgan fingerprint density at radius 1 is 1.33 bits per heavy atom. The molecule has 5 nitrogen and oxygen atoms in total. The van der Waals surface area contributed by atoms with Crippen LogP contribution in [-0.2, 0) is 10.0 Å². The number of aryl methyl sites for hydroxylation is 1. The summed E-state index contributed by atoms with van der Waals surface area (Å²) in [5.41, 5.74) is 0.840. The second kappa shape index (κ2) is 5.94. The third kappa shape index (κ3) is 3.56. The molecule has 2 rings (SSSR count). The molecule has 0 atom stereocenters. The average molecular weight is 331 g/mol. The number of sulfonamides is 1. The van der Waals surface area contributed by atoms with E-state index in [9.17, 15) is 13.2 Å². The summed E-state index contributed by atoms with van der Waals surface area (Å²) in [6.07, 6.45) is 1.92. The van der Waals surface area contributed by atoms with Gasteiger partial charge < -0.3 is 4.90 Å². The van der Waals surface area contributed by atoms with E-state index in [1.807, 2.05) is 0 Å². The molecule has 1 aliphatic heterocycles. The molecular formula is C14H19ClN2O3S. The SMILES string of the molecule is Cc1cc(C(=O)N2CCC(C)CC2)cc(S(N)(=O)=O)c1Cl. The number of rotatable bonds is 2. The first-order valence-corrected chi connectivity index (χ1v) is 8.75. The van der Waals surface area contributed by atoms with Crippen LogP contribution in [0.1, 0.15) is 35.7 Å². The molecular weight excluding hydrogens is 312 g/mol. The summed E-state index contributed by atoms with van der Waals surface area (Å²) < 4.78 is 23.1. The molecule has 0 radical (unpaired) electrons. The Hall–Kier alpha value is -1.11. The van der Waals surface area contributed by atoms with Crippen molar-refractivity contribution >= 4 is 27.5 Å². The van der Waals surface area contributed by atoms with Gasteiger partial charge in [0.2, 0.25) is 10.0 Å². The number of benzene rings is 1. The summed E-state index contributed by atoms with van der Waals surface area (Å²) in [6.45, 7) is 5.19. The number of piperidine rings is 1. The number of carbonyl (C=O) groups is 1. The minimum atomic E-state index is -3.95. The van der Waals surface area contributed by atoms with Gasteiger partial charge >= 0.3 is 0 Å². The molecule has 1 aromatic carbocycles. The number of hydrogen-bond donors (Lipinski definition) is 1. The maximum absolute atomic E-state index is 12.5. The second-order valence-electron chi connectivity index (χ2n) is 5.62. The van der Waals surface area contributed by atoms with Crippen LogP contribution in [0.15, 0.2) is 17.0 Å². The van der Waals surface area contributed by atoms with Crippen LogP contribution in [0.3, 0.4) is 0 Å². The lowest BCUT2D eigenvalue weighted by Crippen LogP contribution is -2.38. The highest BCUT2D eigenvalue weighted by Crippen LogP contribution is 2.27. The fourth-order valence-corrected chi connectivity index (χ4v) is 3.60. The zero-order valence-corrected chi connectivity index (χ0v) is 13.7.